The molecule has 13 heavy (non-hydrogen) atoms. The van der Waals surface area contributed by atoms with Crippen LogP contribution >= 0.6 is 11.6 Å². The predicted octanol–water partition coefficient (Wildman–Crippen LogP) is 0.859. The summed E-state index contributed by atoms with van der Waals surface area (Å²) in [5.41, 5.74) is 0.0909. The van der Waals surface area contributed by atoms with E-state index in [4.69, 9.17) is 22.0 Å². The molecular weight excluding hydrogens is 212 g/mol. The van der Waals surface area contributed by atoms with Crippen molar-refractivity contribution in [3.05, 3.63) is 28.8 Å². The first-order chi connectivity index (χ1) is 5.96. The molecule has 2 N–H and O–H groups in total. The molecule has 6 heteroatoms. The molecule has 1 aromatic carbocycles. The Hall–Kier alpha value is -1.09. The lowest BCUT2D eigenvalue weighted by Gasteiger charge is -2.01. The maximum Gasteiger partial charge on any atom is 0.239 e. The molecule has 1 rings (SSSR count). The zero-order valence-corrected chi connectivity index (χ0v) is 7.93. The third-order valence-corrected chi connectivity index (χ3v) is 2.86. The summed E-state index contributed by atoms with van der Waals surface area (Å²) in [7, 11) is -3.85. The molecule has 0 saturated carbocycles. The average Bonchev–Trinajstić information content (AvgIpc) is 2.02. The molecule has 0 heterocycles. The summed E-state index contributed by atoms with van der Waals surface area (Å²) in [5.74, 6) is 0. The normalized spacial score (nSPS) is 10.8. The summed E-state index contributed by atoms with van der Waals surface area (Å²) in [6.45, 7) is 0. The minimum absolute atomic E-state index is 0.0909. The van der Waals surface area contributed by atoms with Gasteiger partial charge in [-0.25, -0.2) is 13.6 Å². The second-order valence-electron chi connectivity index (χ2n) is 2.27. The van der Waals surface area contributed by atoms with E-state index in [0.29, 0.717) is 0 Å². The van der Waals surface area contributed by atoms with E-state index in [9.17, 15) is 8.42 Å². The molecule has 0 aliphatic carbocycles. The second kappa shape index (κ2) is 3.34. The molecule has 4 nitrogen and oxygen atoms in total. The van der Waals surface area contributed by atoms with E-state index in [1.807, 2.05) is 0 Å². The van der Waals surface area contributed by atoms with E-state index < -0.39 is 10.0 Å². The van der Waals surface area contributed by atoms with Gasteiger partial charge in [0.25, 0.3) is 0 Å². The Morgan fingerprint density at radius 1 is 1.46 bits per heavy atom. The van der Waals surface area contributed by atoms with E-state index >= 15 is 0 Å². The predicted molar refractivity (Wildman–Crippen MR) is 47.5 cm³/mol. The van der Waals surface area contributed by atoms with Crippen molar-refractivity contribution in [1.29, 1.82) is 5.26 Å². The van der Waals surface area contributed by atoms with Crippen molar-refractivity contribution >= 4 is 21.6 Å². The molecule has 0 fully saturated rings. The van der Waals surface area contributed by atoms with Crippen LogP contribution in [0.1, 0.15) is 5.56 Å². The van der Waals surface area contributed by atoms with E-state index in [1.54, 1.807) is 6.07 Å². The molecule has 0 saturated heterocycles. The molecule has 0 unspecified atom stereocenters. The second-order valence-corrected chi connectivity index (χ2v) is 4.18. The molecule has 0 radical (unpaired) electrons. The Morgan fingerprint density at radius 3 is 2.54 bits per heavy atom. The largest absolute Gasteiger partial charge is 0.239 e. The SMILES string of the molecule is N#Cc1cccc(S(N)(=O)=O)c1Cl. The fraction of sp³-hybridized carbons (Fsp3) is 0. The molecule has 0 bridgehead atoms. The number of nitriles is 1. The third-order valence-electron chi connectivity index (χ3n) is 1.39. The minimum Gasteiger partial charge on any atom is -0.225 e. The van der Waals surface area contributed by atoms with Gasteiger partial charge in [-0.05, 0) is 12.1 Å². The van der Waals surface area contributed by atoms with Crippen molar-refractivity contribution < 1.29 is 8.42 Å². The molecule has 0 atom stereocenters. The van der Waals surface area contributed by atoms with E-state index in [2.05, 4.69) is 0 Å². The Morgan fingerprint density at radius 2 is 2.08 bits per heavy atom. The van der Waals surface area contributed by atoms with Crippen molar-refractivity contribution in [1.82, 2.24) is 0 Å². The number of nitrogens with two attached hydrogens (primary N) is 1. The first-order valence-corrected chi connectivity index (χ1v) is 5.10. The quantitative estimate of drug-likeness (QED) is 0.756. The fourth-order valence-electron chi connectivity index (χ4n) is 0.817. The Balaban J connectivity index is 3.53. The fourth-order valence-corrected chi connectivity index (χ4v) is 1.94. The molecule has 1 aromatic rings. The number of sulfonamides is 1. The molecule has 0 amide bonds. The molecule has 0 aliphatic heterocycles. The van der Waals surface area contributed by atoms with Gasteiger partial charge in [0.05, 0.1) is 10.6 Å². The van der Waals surface area contributed by atoms with Crippen LogP contribution in [0.3, 0.4) is 0 Å². The van der Waals surface area contributed by atoms with Crippen LogP contribution in [0.25, 0.3) is 0 Å². The first kappa shape index (κ1) is 9.99. The van der Waals surface area contributed by atoms with Crippen molar-refractivity contribution in [2.24, 2.45) is 5.14 Å². The molecule has 0 spiro atoms. The zero-order chi connectivity index (χ0) is 10.1. The maximum atomic E-state index is 10.9. The number of benzene rings is 1. The van der Waals surface area contributed by atoms with E-state index in [-0.39, 0.29) is 15.5 Å². The molecule has 0 aliphatic rings. The van der Waals surface area contributed by atoms with Crippen LogP contribution in [0.15, 0.2) is 23.1 Å². The van der Waals surface area contributed by atoms with Gasteiger partial charge in [0.2, 0.25) is 10.0 Å². The first-order valence-electron chi connectivity index (χ1n) is 3.18. The zero-order valence-electron chi connectivity index (χ0n) is 6.36. The lowest BCUT2D eigenvalue weighted by Crippen LogP contribution is -2.12. The Labute approximate surface area is 80.6 Å². The van der Waals surface area contributed by atoms with Gasteiger partial charge >= 0.3 is 0 Å². The third kappa shape index (κ3) is 1.98. The van der Waals surface area contributed by atoms with Gasteiger partial charge in [-0.15, -0.1) is 0 Å². The number of halogens is 1. The Kier molecular flexibility index (Phi) is 2.57. The maximum absolute atomic E-state index is 10.9. The summed E-state index contributed by atoms with van der Waals surface area (Å²) >= 11 is 5.61. The van der Waals surface area contributed by atoms with Crippen LogP contribution < -0.4 is 5.14 Å². The number of hydrogen-bond donors (Lipinski definition) is 1. The topological polar surface area (TPSA) is 83.9 Å². The monoisotopic (exact) mass is 216 g/mol. The highest BCUT2D eigenvalue weighted by molar-refractivity contribution is 7.89. The standard InChI is InChI=1S/C7H5ClN2O2S/c8-7-5(4-9)2-1-3-6(7)13(10,11)12/h1-3H,(H2,10,11,12). The van der Waals surface area contributed by atoms with Gasteiger partial charge in [-0.2, -0.15) is 5.26 Å². The minimum atomic E-state index is -3.85. The number of rotatable bonds is 1. The van der Waals surface area contributed by atoms with E-state index in [1.165, 1.54) is 18.2 Å². The van der Waals surface area contributed by atoms with Gasteiger partial charge in [0, 0.05) is 0 Å². The van der Waals surface area contributed by atoms with Crippen molar-refractivity contribution in [2.75, 3.05) is 0 Å². The van der Waals surface area contributed by atoms with Crippen molar-refractivity contribution in [3.63, 3.8) is 0 Å². The summed E-state index contributed by atoms with van der Waals surface area (Å²) in [5, 5.41) is 13.3. The van der Waals surface area contributed by atoms with Crippen LogP contribution in [0, 0.1) is 11.3 Å². The smallest absolute Gasteiger partial charge is 0.225 e. The Bertz CT molecular complexity index is 476. The summed E-state index contributed by atoms with van der Waals surface area (Å²) < 4.78 is 21.8. The van der Waals surface area contributed by atoms with Crippen LogP contribution in [-0.4, -0.2) is 8.42 Å². The van der Waals surface area contributed by atoms with Gasteiger partial charge < -0.3 is 0 Å². The van der Waals surface area contributed by atoms with Gasteiger partial charge in [0.1, 0.15) is 11.0 Å². The molecule has 0 aromatic heterocycles. The highest BCUT2D eigenvalue weighted by Crippen LogP contribution is 2.23. The van der Waals surface area contributed by atoms with Gasteiger partial charge in [-0.3, -0.25) is 0 Å². The lowest BCUT2D eigenvalue weighted by molar-refractivity contribution is 0.598. The number of primary sulfonamides is 1. The van der Waals surface area contributed by atoms with E-state index in [0.717, 1.165) is 0 Å². The van der Waals surface area contributed by atoms with Crippen LogP contribution in [0.4, 0.5) is 0 Å². The van der Waals surface area contributed by atoms with Gasteiger partial charge in [-0.1, -0.05) is 17.7 Å². The van der Waals surface area contributed by atoms with Crippen LogP contribution in [0.2, 0.25) is 5.02 Å². The number of hydrogen-bond acceptors (Lipinski definition) is 3. The summed E-state index contributed by atoms with van der Waals surface area (Å²) in [4.78, 5) is -0.229. The molecule has 68 valence electrons. The molecular formula is C7H5ClN2O2S. The van der Waals surface area contributed by atoms with Crippen LogP contribution in [-0.2, 0) is 10.0 Å². The van der Waals surface area contributed by atoms with Crippen LogP contribution in [0.5, 0.6) is 0 Å². The highest BCUT2D eigenvalue weighted by Gasteiger charge is 2.14. The average molecular weight is 217 g/mol. The lowest BCUT2D eigenvalue weighted by atomic mass is 10.2. The number of nitrogens with zero attached hydrogens (tertiary/aromatic N) is 1. The summed E-state index contributed by atoms with van der Waals surface area (Å²) in [6.07, 6.45) is 0. The van der Waals surface area contributed by atoms with Gasteiger partial charge in [0.15, 0.2) is 0 Å². The highest BCUT2D eigenvalue weighted by atomic mass is 35.5. The van der Waals surface area contributed by atoms with Crippen molar-refractivity contribution in [2.45, 2.75) is 4.90 Å². The van der Waals surface area contributed by atoms with Crippen molar-refractivity contribution in [3.8, 4) is 6.07 Å². The summed E-state index contributed by atoms with van der Waals surface area (Å²) in [6, 6.07) is 5.82.